The lowest BCUT2D eigenvalue weighted by Crippen LogP contribution is -2.43. The highest BCUT2D eigenvalue weighted by molar-refractivity contribution is 6.30. The van der Waals surface area contributed by atoms with Crippen LogP contribution in [0.15, 0.2) is 54.6 Å². The fourth-order valence-electron chi connectivity index (χ4n) is 3.22. The summed E-state index contributed by atoms with van der Waals surface area (Å²) in [6.07, 6.45) is 1.77. The van der Waals surface area contributed by atoms with Gasteiger partial charge in [0.25, 0.3) is 0 Å². The standard InChI is InChI=1S/C20H25ClN2O/c21-18-8-6-17(7-9-18)20(24)14-22-19-10-12-23(13-11-19)15-16-4-2-1-3-5-16/h1-9,19-20,22,24H,10-15H2. The molecule has 2 aromatic carbocycles. The van der Waals surface area contributed by atoms with Crippen LogP contribution in [0.5, 0.6) is 0 Å². The summed E-state index contributed by atoms with van der Waals surface area (Å²) in [7, 11) is 0. The van der Waals surface area contributed by atoms with Crippen molar-refractivity contribution in [3.63, 3.8) is 0 Å². The van der Waals surface area contributed by atoms with Crippen LogP contribution in [-0.4, -0.2) is 35.7 Å². The molecule has 0 aliphatic carbocycles. The monoisotopic (exact) mass is 344 g/mol. The molecule has 1 heterocycles. The summed E-state index contributed by atoms with van der Waals surface area (Å²) in [4.78, 5) is 2.50. The van der Waals surface area contributed by atoms with E-state index in [1.165, 1.54) is 5.56 Å². The molecule has 1 atom stereocenters. The first-order chi connectivity index (χ1) is 11.7. The molecule has 0 spiro atoms. The molecule has 0 radical (unpaired) electrons. The molecule has 1 aliphatic rings. The Morgan fingerprint density at radius 2 is 1.71 bits per heavy atom. The van der Waals surface area contributed by atoms with Crippen molar-refractivity contribution in [3.8, 4) is 0 Å². The van der Waals surface area contributed by atoms with E-state index in [1.54, 1.807) is 0 Å². The van der Waals surface area contributed by atoms with Crippen LogP contribution in [0.2, 0.25) is 5.02 Å². The van der Waals surface area contributed by atoms with Gasteiger partial charge in [0.2, 0.25) is 0 Å². The molecule has 1 unspecified atom stereocenters. The number of nitrogens with one attached hydrogen (secondary N) is 1. The first kappa shape index (κ1) is 17.4. The zero-order valence-corrected chi connectivity index (χ0v) is 14.6. The molecule has 0 bridgehead atoms. The Balaban J connectivity index is 1.40. The Kier molecular flexibility index (Phi) is 6.27. The largest absolute Gasteiger partial charge is 0.387 e. The highest BCUT2D eigenvalue weighted by Gasteiger charge is 2.19. The zero-order chi connectivity index (χ0) is 16.8. The third-order valence-corrected chi connectivity index (χ3v) is 4.94. The number of halogens is 1. The van der Waals surface area contributed by atoms with Gasteiger partial charge in [-0.15, -0.1) is 0 Å². The van der Waals surface area contributed by atoms with E-state index in [0.717, 1.165) is 38.0 Å². The molecule has 0 saturated carbocycles. The summed E-state index contributed by atoms with van der Waals surface area (Å²) in [5.74, 6) is 0. The van der Waals surface area contributed by atoms with Gasteiger partial charge in [0.05, 0.1) is 6.10 Å². The Morgan fingerprint density at radius 1 is 1.04 bits per heavy atom. The first-order valence-electron chi connectivity index (χ1n) is 8.64. The summed E-state index contributed by atoms with van der Waals surface area (Å²) >= 11 is 5.88. The van der Waals surface area contributed by atoms with Gasteiger partial charge in [-0.1, -0.05) is 54.1 Å². The van der Waals surface area contributed by atoms with Crippen molar-refractivity contribution in [1.82, 2.24) is 10.2 Å². The van der Waals surface area contributed by atoms with Crippen molar-refractivity contribution in [2.24, 2.45) is 0 Å². The molecule has 3 nitrogen and oxygen atoms in total. The van der Waals surface area contributed by atoms with E-state index < -0.39 is 6.10 Å². The van der Waals surface area contributed by atoms with Gasteiger partial charge in [-0.2, -0.15) is 0 Å². The second-order valence-corrected chi connectivity index (χ2v) is 6.95. The molecule has 1 fully saturated rings. The maximum atomic E-state index is 10.3. The van der Waals surface area contributed by atoms with E-state index >= 15 is 0 Å². The minimum atomic E-state index is -0.482. The molecular formula is C20H25ClN2O. The van der Waals surface area contributed by atoms with Crippen molar-refractivity contribution in [2.75, 3.05) is 19.6 Å². The van der Waals surface area contributed by atoms with Gasteiger partial charge in [-0.3, -0.25) is 4.90 Å². The van der Waals surface area contributed by atoms with Crippen LogP contribution in [-0.2, 0) is 6.54 Å². The van der Waals surface area contributed by atoms with Crippen LogP contribution in [0, 0.1) is 0 Å². The second kappa shape index (κ2) is 8.63. The number of piperidine rings is 1. The third-order valence-electron chi connectivity index (χ3n) is 4.69. The average molecular weight is 345 g/mol. The molecule has 0 amide bonds. The maximum absolute atomic E-state index is 10.3. The predicted octanol–water partition coefficient (Wildman–Crippen LogP) is 3.63. The normalized spacial score (nSPS) is 17.8. The van der Waals surface area contributed by atoms with Gasteiger partial charge >= 0.3 is 0 Å². The topological polar surface area (TPSA) is 35.5 Å². The molecule has 0 aromatic heterocycles. The number of aliphatic hydroxyl groups is 1. The third kappa shape index (κ3) is 5.05. The minimum Gasteiger partial charge on any atom is -0.387 e. The van der Waals surface area contributed by atoms with E-state index in [0.29, 0.717) is 17.6 Å². The van der Waals surface area contributed by atoms with Crippen LogP contribution in [0.25, 0.3) is 0 Å². The minimum absolute atomic E-state index is 0.482. The predicted molar refractivity (Wildman–Crippen MR) is 99.2 cm³/mol. The van der Waals surface area contributed by atoms with Crippen molar-refractivity contribution in [2.45, 2.75) is 31.5 Å². The van der Waals surface area contributed by atoms with Crippen LogP contribution in [0.3, 0.4) is 0 Å². The number of likely N-dealkylation sites (tertiary alicyclic amines) is 1. The van der Waals surface area contributed by atoms with Gasteiger partial charge in [0.1, 0.15) is 0 Å². The highest BCUT2D eigenvalue weighted by Crippen LogP contribution is 2.18. The van der Waals surface area contributed by atoms with Crippen molar-refractivity contribution >= 4 is 11.6 Å². The van der Waals surface area contributed by atoms with Crippen LogP contribution in [0.1, 0.15) is 30.1 Å². The smallest absolute Gasteiger partial charge is 0.0914 e. The van der Waals surface area contributed by atoms with Crippen LogP contribution < -0.4 is 5.32 Å². The van der Waals surface area contributed by atoms with Crippen molar-refractivity contribution in [3.05, 3.63) is 70.7 Å². The van der Waals surface area contributed by atoms with Crippen molar-refractivity contribution in [1.29, 1.82) is 0 Å². The van der Waals surface area contributed by atoms with Gasteiger partial charge in [0, 0.05) is 24.2 Å². The Hall–Kier alpha value is -1.39. The van der Waals surface area contributed by atoms with E-state index in [1.807, 2.05) is 24.3 Å². The van der Waals surface area contributed by atoms with Crippen LogP contribution in [0.4, 0.5) is 0 Å². The number of aliphatic hydroxyl groups excluding tert-OH is 1. The molecule has 1 aliphatic heterocycles. The average Bonchev–Trinajstić information content (AvgIpc) is 2.62. The maximum Gasteiger partial charge on any atom is 0.0914 e. The Labute approximate surface area is 149 Å². The lowest BCUT2D eigenvalue weighted by molar-refractivity contribution is 0.149. The lowest BCUT2D eigenvalue weighted by atomic mass is 10.0. The number of hydrogen-bond acceptors (Lipinski definition) is 3. The number of rotatable bonds is 6. The van der Waals surface area contributed by atoms with Crippen molar-refractivity contribution < 1.29 is 5.11 Å². The molecule has 128 valence electrons. The summed E-state index contributed by atoms with van der Waals surface area (Å²) in [5.41, 5.74) is 2.29. The molecule has 4 heteroatoms. The molecule has 3 rings (SSSR count). The van der Waals surface area contributed by atoms with E-state index in [-0.39, 0.29) is 0 Å². The van der Waals surface area contributed by atoms with Gasteiger partial charge in [-0.25, -0.2) is 0 Å². The summed E-state index contributed by atoms with van der Waals surface area (Å²) in [6.45, 7) is 3.82. The molecule has 2 N–H and O–H groups in total. The zero-order valence-electron chi connectivity index (χ0n) is 13.9. The SMILES string of the molecule is OC(CNC1CCN(Cc2ccccc2)CC1)c1ccc(Cl)cc1. The van der Waals surface area contributed by atoms with E-state index in [9.17, 15) is 5.11 Å². The number of nitrogens with zero attached hydrogens (tertiary/aromatic N) is 1. The number of hydrogen-bond donors (Lipinski definition) is 2. The second-order valence-electron chi connectivity index (χ2n) is 6.51. The molecular weight excluding hydrogens is 320 g/mol. The highest BCUT2D eigenvalue weighted by atomic mass is 35.5. The van der Waals surface area contributed by atoms with E-state index in [4.69, 9.17) is 11.6 Å². The first-order valence-corrected chi connectivity index (χ1v) is 9.02. The quantitative estimate of drug-likeness (QED) is 0.840. The summed E-state index contributed by atoms with van der Waals surface area (Å²) in [5, 5.41) is 14.5. The molecule has 24 heavy (non-hydrogen) atoms. The summed E-state index contributed by atoms with van der Waals surface area (Å²) < 4.78 is 0. The Bertz CT molecular complexity index is 609. The van der Waals surface area contributed by atoms with Crippen LogP contribution >= 0.6 is 11.6 Å². The van der Waals surface area contributed by atoms with Gasteiger partial charge < -0.3 is 10.4 Å². The fraction of sp³-hybridized carbons (Fsp3) is 0.400. The summed E-state index contributed by atoms with van der Waals surface area (Å²) in [6, 6.07) is 18.5. The molecule has 2 aromatic rings. The van der Waals surface area contributed by atoms with Gasteiger partial charge in [-0.05, 0) is 49.2 Å². The van der Waals surface area contributed by atoms with E-state index in [2.05, 4.69) is 40.5 Å². The lowest BCUT2D eigenvalue weighted by Gasteiger charge is -2.33. The fourth-order valence-corrected chi connectivity index (χ4v) is 3.34. The van der Waals surface area contributed by atoms with Gasteiger partial charge in [0.15, 0.2) is 0 Å². The molecule has 1 saturated heterocycles. The number of benzene rings is 2. The Morgan fingerprint density at radius 3 is 2.38 bits per heavy atom.